The number of rotatable bonds is 2. The average Bonchev–Trinajstić information content (AvgIpc) is 2.76. The second kappa shape index (κ2) is 4.75. The number of halogens is 1. The lowest BCUT2D eigenvalue weighted by atomic mass is 10.1. The van der Waals surface area contributed by atoms with E-state index in [1.165, 1.54) is 27.6 Å². The summed E-state index contributed by atoms with van der Waals surface area (Å²) in [6, 6.07) is 14.8. The normalized spacial score (nSPS) is 11.1. The van der Waals surface area contributed by atoms with Crippen molar-refractivity contribution in [2.75, 3.05) is 0 Å². The Morgan fingerprint density at radius 2 is 1.84 bits per heavy atom. The summed E-state index contributed by atoms with van der Waals surface area (Å²) < 4.78 is 2.27. The van der Waals surface area contributed by atoms with E-state index in [-0.39, 0.29) is 0 Å². The van der Waals surface area contributed by atoms with Crippen LogP contribution in [0.2, 0.25) is 5.02 Å². The van der Waals surface area contributed by atoms with Crippen molar-refractivity contribution in [3.63, 3.8) is 0 Å². The molecule has 0 amide bonds. The summed E-state index contributed by atoms with van der Waals surface area (Å²) in [4.78, 5) is 0. The topological polar surface area (TPSA) is 4.93 Å². The Kier molecular flexibility index (Phi) is 3.08. The Morgan fingerprint density at radius 1 is 1.00 bits per heavy atom. The van der Waals surface area contributed by atoms with Crippen LogP contribution in [-0.4, -0.2) is 4.57 Å². The highest BCUT2D eigenvalue weighted by Crippen LogP contribution is 2.22. The molecule has 96 valence electrons. The zero-order valence-electron chi connectivity index (χ0n) is 11.2. The zero-order chi connectivity index (χ0) is 13.4. The third kappa shape index (κ3) is 2.39. The lowest BCUT2D eigenvalue weighted by Gasteiger charge is -2.10. The molecular weight excluding hydrogens is 254 g/mol. The van der Waals surface area contributed by atoms with Crippen molar-refractivity contribution < 1.29 is 0 Å². The maximum Gasteiger partial charge on any atom is 0.0484 e. The highest BCUT2D eigenvalue weighted by molar-refractivity contribution is 6.31. The molecule has 0 N–H and O–H groups in total. The first-order valence-electron chi connectivity index (χ1n) is 6.44. The largest absolute Gasteiger partial charge is 0.343 e. The summed E-state index contributed by atoms with van der Waals surface area (Å²) >= 11 is 6.02. The van der Waals surface area contributed by atoms with Crippen LogP contribution in [0.15, 0.2) is 48.7 Å². The predicted molar refractivity (Wildman–Crippen MR) is 82.0 cm³/mol. The fourth-order valence-corrected chi connectivity index (χ4v) is 2.64. The molecule has 3 aromatic rings. The SMILES string of the molecule is Cc1ccc(C)c(Cn2ccc3cc(Cl)ccc32)c1. The Morgan fingerprint density at radius 3 is 2.68 bits per heavy atom. The minimum Gasteiger partial charge on any atom is -0.343 e. The summed E-state index contributed by atoms with van der Waals surface area (Å²) in [5.74, 6) is 0. The van der Waals surface area contributed by atoms with E-state index in [2.05, 4.69) is 54.9 Å². The Bertz CT molecular complexity index is 740. The van der Waals surface area contributed by atoms with E-state index < -0.39 is 0 Å². The van der Waals surface area contributed by atoms with Gasteiger partial charge in [-0.25, -0.2) is 0 Å². The van der Waals surface area contributed by atoms with Crippen molar-refractivity contribution >= 4 is 22.5 Å². The van der Waals surface area contributed by atoms with Gasteiger partial charge in [0.05, 0.1) is 0 Å². The molecule has 0 unspecified atom stereocenters. The van der Waals surface area contributed by atoms with E-state index >= 15 is 0 Å². The van der Waals surface area contributed by atoms with Gasteiger partial charge in [0.25, 0.3) is 0 Å². The highest BCUT2D eigenvalue weighted by atomic mass is 35.5. The van der Waals surface area contributed by atoms with Gasteiger partial charge in [0.1, 0.15) is 0 Å². The third-order valence-corrected chi connectivity index (χ3v) is 3.81. The number of aromatic nitrogens is 1. The molecule has 1 heterocycles. The number of benzene rings is 2. The fraction of sp³-hybridized carbons (Fsp3) is 0.176. The van der Waals surface area contributed by atoms with Crippen LogP contribution in [0, 0.1) is 13.8 Å². The molecule has 1 aromatic heterocycles. The molecule has 0 fully saturated rings. The minimum absolute atomic E-state index is 0.789. The van der Waals surface area contributed by atoms with Gasteiger partial charge >= 0.3 is 0 Å². The van der Waals surface area contributed by atoms with Crippen molar-refractivity contribution in [3.05, 3.63) is 70.4 Å². The maximum atomic E-state index is 6.02. The molecule has 0 bridgehead atoms. The molecule has 0 aliphatic carbocycles. The number of hydrogen-bond donors (Lipinski definition) is 0. The smallest absolute Gasteiger partial charge is 0.0484 e. The summed E-state index contributed by atoms with van der Waals surface area (Å²) in [5.41, 5.74) is 5.24. The third-order valence-electron chi connectivity index (χ3n) is 3.58. The lowest BCUT2D eigenvalue weighted by molar-refractivity contribution is 0.829. The predicted octanol–water partition coefficient (Wildman–Crippen LogP) is 4.96. The van der Waals surface area contributed by atoms with Crippen molar-refractivity contribution in [1.82, 2.24) is 4.57 Å². The molecule has 19 heavy (non-hydrogen) atoms. The van der Waals surface area contributed by atoms with Crippen LogP contribution in [0.1, 0.15) is 16.7 Å². The standard InChI is InChI=1S/C17H16ClN/c1-12-3-4-13(2)15(9-12)11-19-8-7-14-10-16(18)5-6-17(14)19/h3-10H,11H2,1-2H3. The first-order chi connectivity index (χ1) is 9.13. The van der Waals surface area contributed by atoms with Crippen LogP contribution >= 0.6 is 11.6 Å². The lowest BCUT2D eigenvalue weighted by Crippen LogP contribution is -2.00. The first kappa shape index (κ1) is 12.3. The van der Waals surface area contributed by atoms with Gasteiger partial charge in [-0.3, -0.25) is 0 Å². The van der Waals surface area contributed by atoms with Gasteiger partial charge in [-0.2, -0.15) is 0 Å². The minimum atomic E-state index is 0.789. The van der Waals surface area contributed by atoms with Crippen LogP contribution in [-0.2, 0) is 6.54 Å². The van der Waals surface area contributed by atoms with Crippen LogP contribution in [0.3, 0.4) is 0 Å². The number of aryl methyl sites for hydroxylation is 2. The Balaban J connectivity index is 2.03. The van der Waals surface area contributed by atoms with E-state index in [4.69, 9.17) is 11.6 Å². The van der Waals surface area contributed by atoms with Gasteiger partial charge in [-0.1, -0.05) is 35.4 Å². The molecule has 0 atom stereocenters. The van der Waals surface area contributed by atoms with Crippen LogP contribution < -0.4 is 0 Å². The molecule has 0 spiro atoms. The number of hydrogen-bond acceptors (Lipinski definition) is 0. The highest BCUT2D eigenvalue weighted by Gasteiger charge is 2.04. The summed E-state index contributed by atoms with van der Waals surface area (Å²) in [6.45, 7) is 5.20. The molecule has 2 heteroatoms. The van der Waals surface area contributed by atoms with E-state index in [1.807, 2.05) is 12.1 Å². The summed E-state index contributed by atoms with van der Waals surface area (Å²) in [7, 11) is 0. The van der Waals surface area contributed by atoms with Crippen molar-refractivity contribution in [2.45, 2.75) is 20.4 Å². The molecule has 0 aliphatic rings. The van der Waals surface area contributed by atoms with E-state index in [9.17, 15) is 0 Å². The number of fused-ring (bicyclic) bond motifs is 1. The average molecular weight is 270 g/mol. The van der Waals surface area contributed by atoms with Gasteiger partial charge in [0, 0.05) is 28.7 Å². The quantitative estimate of drug-likeness (QED) is 0.620. The van der Waals surface area contributed by atoms with Crippen molar-refractivity contribution in [2.24, 2.45) is 0 Å². The monoisotopic (exact) mass is 269 g/mol. The van der Waals surface area contributed by atoms with Gasteiger partial charge < -0.3 is 4.57 Å². The van der Waals surface area contributed by atoms with Crippen LogP contribution in [0.4, 0.5) is 0 Å². The van der Waals surface area contributed by atoms with Crippen LogP contribution in [0.5, 0.6) is 0 Å². The Hall–Kier alpha value is -1.73. The van der Waals surface area contributed by atoms with E-state index in [0.717, 1.165) is 11.6 Å². The van der Waals surface area contributed by atoms with Crippen LogP contribution in [0.25, 0.3) is 10.9 Å². The fourth-order valence-electron chi connectivity index (χ4n) is 2.46. The molecule has 0 saturated heterocycles. The molecule has 2 aromatic carbocycles. The second-order valence-electron chi connectivity index (χ2n) is 5.08. The summed E-state index contributed by atoms with van der Waals surface area (Å²) in [6.07, 6.45) is 2.13. The number of nitrogens with zero attached hydrogens (tertiary/aromatic N) is 1. The molecular formula is C17H16ClN. The first-order valence-corrected chi connectivity index (χ1v) is 6.82. The van der Waals surface area contributed by atoms with Gasteiger partial charge in [0.2, 0.25) is 0 Å². The zero-order valence-corrected chi connectivity index (χ0v) is 11.9. The molecule has 3 rings (SSSR count). The molecule has 0 aliphatic heterocycles. The van der Waals surface area contributed by atoms with Gasteiger partial charge in [-0.05, 0) is 49.2 Å². The van der Waals surface area contributed by atoms with Gasteiger partial charge in [0.15, 0.2) is 0 Å². The van der Waals surface area contributed by atoms with E-state index in [1.54, 1.807) is 0 Å². The van der Waals surface area contributed by atoms with Crippen molar-refractivity contribution in [3.8, 4) is 0 Å². The molecule has 0 saturated carbocycles. The molecule has 1 nitrogen and oxygen atoms in total. The molecule has 0 radical (unpaired) electrons. The van der Waals surface area contributed by atoms with E-state index in [0.29, 0.717) is 0 Å². The Labute approximate surface area is 118 Å². The second-order valence-corrected chi connectivity index (χ2v) is 5.51. The van der Waals surface area contributed by atoms with Crippen molar-refractivity contribution in [1.29, 1.82) is 0 Å². The van der Waals surface area contributed by atoms with Gasteiger partial charge in [-0.15, -0.1) is 0 Å². The maximum absolute atomic E-state index is 6.02. The summed E-state index contributed by atoms with van der Waals surface area (Å²) in [5, 5.41) is 1.98.